The van der Waals surface area contributed by atoms with Crippen LogP contribution in [0.4, 0.5) is 23.7 Å². The molecule has 2 aliphatic rings. The number of nitrogens with zero attached hydrogens (tertiary/aromatic N) is 2. The Morgan fingerprint density at radius 2 is 1.55 bits per heavy atom. The topological polar surface area (TPSA) is 60.5 Å². The Bertz CT molecular complexity index is 862. The lowest BCUT2D eigenvalue weighted by Crippen LogP contribution is -2.50. The number of hydrogen-bond donors (Lipinski definition) is 0. The van der Waals surface area contributed by atoms with E-state index in [4.69, 9.17) is 14.0 Å². The van der Waals surface area contributed by atoms with Crippen LogP contribution in [0.3, 0.4) is 0 Å². The molecule has 0 bridgehead atoms. The molecule has 0 N–H and O–H groups in total. The summed E-state index contributed by atoms with van der Waals surface area (Å²) in [6.07, 6.45) is -5.27. The van der Waals surface area contributed by atoms with Crippen molar-refractivity contribution in [1.29, 1.82) is 0 Å². The van der Waals surface area contributed by atoms with E-state index in [2.05, 4.69) is 4.74 Å². The van der Waals surface area contributed by atoms with E-state index in [1.165, 1.54) is 6.07 Å². The molecule has 0 unspecified atom stereocenters. The van der Waals surface area contributed by atoms with E-state index < -0.39 is 36.4 Å². The first-order valence-electron chi connectivity index (χ1n) is 11.0. The smallest absolute Gasteiger partial charge is 0.444 e. The van der Waals surface area contributed by atoms with Crippen molar-refractivity contribution in [3.8, 4) is 5.75 Å². The summed E-state index contributed by atoms with van der Waals surface area (Å²) in [6.45, 7) is 14.4. The molecule has 1 amide bonds. The van der Waals surface area contributed by atoms with Crippen LogP contribution in [0.2, 0.25) is 0 Å². The predicted molar refractivity (Wildman–Crippen MR) is 119 cm³/mol. The molecule has 0 saturated carbocycles. The Morgan fingerprint density at radius 3 is 2.03 bits per heavy atom. The van der Waals surface area contributed by atoms with Gasteiger partial charge in [-0.1, -0.05) is 6.07 Å². The van der Waals surface area contributed by atoms with E-state index in [1.807, 2.05) is 32.6 Å². The van der Waals surface area contributed by atoms with Crippen LogP contribution in [-0.2, 0) is 14.0 Å². The van der Waals surface area contributed by atoms with Crippen LogP contribution in [-0.4, -0.2) is 67.5 Å². The van der Waals surface area contributed by atoms with E-state index in [1.54, 1.807) is 37.8 Å². The number of hydrogen-bond acceptors (Lipinski definition) is 6. The molecule has 3 rings (SSSR count). The summed E-state index contributed by atoms with van der Waals surface area (Å²) >= 11 is 0. The van der Waals surface area contributed by atoms with Gasteiger partial charge in [0.15, 0.2) is 0 Å². The second-order valence-corrected chi connectivity index (χ2v) is 10.3. The molecule has 11 heteroatoms. The average Bonchev–Trinajstić information content (AvgIpc) is 2.86. The van der Waals surface area contributed by atoms with Gasteiger partial charge in [-0.25, -0.2) is 4.79 Å². The minimum absolute atomic E-state index is 0.169. The predicted octanol–water partition coefficient (Wildman–Crippen LogP) is 3.94. The van der Waals surface area contributed by atoms with Crippen LogP contribution in [0.25, 0.3) is 0 Å². The van der Waals surface area contributed by atoms with E-state index in [-0.39, 0.29) is 11.2 Å². The first kappa shape index (κ1) is 25.5. The summed E-state index contributed by atoms with van der Waals surface area (Å²) in [7, 11) is -0.995. The summed E-state index contributed by atoms with van der Waals surface area (Å²) in [6, 6.07) is 4.60. The Morgan fingerprint density at radius 1 is 1.00 bits per heavy atom. The van der Waals surface area contributed by atoms with Gasteiger partial charge < -0.3 is 28.6 Å². The third kappa shape index (κ3) is 6.06. The molecule has 0 radical (unpaired) electrons. The van der Waals surface area contributed by atoms with Crippen LogP contribution in [0, 0.1) is 0 Å². The number of alkyl halides is 3. The highest BCUT2D eigenvalue weighted by molar-refractivity contribution is 6.63. The molecule has 7 nitrogen and oxygen atoms in total. The van der Waals surface area contributed by atoms with Crippen LogP contribution in [0.5, 0.6) is 5.75 Å². The number of halogens is 3. The zero-order valence-electron chi connectivity index (χ0n) is 20.2. The van der Waals surface area contributed by atoms with Crippen molar-refractivity contribution < 1.29 is 36.7 Å². The molecule has 0 atom stereocenters. The molecule has 2 saturated heterocycles. The molecule has 2 fully saturated rings. The Labute approximate surface area is 193 Å². The minimum atomic E-state index is -4.87. The number of rotatable bonds is 3. The standard InChI is InChI=1S/C22H32BF3N2O5/c1-19(2,3)31-18(29)28-12-10-27(11-13-28)15-8-9-16(17(14-15)30-22(24,25)26)23-32-20(4,5)21(6,7)33-23/h8-9,14H,10-13H2,1-7H3. The normalized spacial score (nSPS) is 20.7. The highest BCUT2D eigenvalue weighted by Crippen LogP contribution is 2.38. The van der Waals surface area contributed by atoms with Crippen LogP contribution in [0.1, 0.15) is 48.5 Å². The van der Waals surface area contributed by atoms with Crippen molar-refractivity contribution in [3.05, 3.63) is 18.2 Å². The Hall–Kier alpha value is -2.14. The molecule has 1 aromatic carbocycles. The van der Waals surface area contributed by atoms with Crippen molar-refractivity contribution in [2.75, 3.05) is 31.1 Å². The summed E-state index contributed by atoms with van der Waals surface area (Å²) < 4.78 is 61.2. The lowest BCUT2D eigenvalue weighted by atomic mass is 9.78. The molecule has 2 aliphatic heterocycles. The van der Waals surface area contributed by atoms with Crippen molar-refractivity contribution in [2.45, 2.75) is 71.6 Å². The van der Waals surface area contributed by atoms with E-state index in [9.17, 15) is 18.0 Å². The maximum atomic E-state index is 13.2. The molecule has 184 valence electrons. The monoisotopic (exact) mass is 472 g/mol. The number of piperazine rings is 1. The van der Waals surface area contributed by atoms with Crippen molar-refractivity contribution in [1.82, 2.24) is 4.90 Å². The highest BCUT2D eigenvalue weighted by Gasteiger charge is 2.53. The SMILES string of the molecule is CC(C)(C)OC(=O)N1CCN(c2ccc(B3OC(C)(C)C(C)(C)O3)c(OC(F)(F)F)c2)CC1. The molecular formula is C22H32BF3N2O5. The first-order chi connectivity index (χ1) is 15.0. The van der Waals surface area contributed by atoms with Gasteiger partial charge in [-0.15, -0.1) is 13.2 Å². The van der Waals surface area contributed by atoms with Gasteiger partial charge in [-0.3, -0.25) is 0 Å². The summed E-state index contributed by atoms with van der Waals surface area (Å²) in [4.78, 5) is 15.8. The Kier molecular flexibility index (Phi) is 6.62. The maximum absolute atomic E-state index is 13.2. The Balaban J connectivity index is 1.78. The largest absolute Gasteiger partial charge is 0.573 e. The highest BCUT2D eigenvalue weighted by atomic mass is 19.4. The number of carbonyl (C=O) groups is 1. The number of anilines is 1. The van der Waals surface area contributed by atoms with Crippen LogP contribution >= 0.6 is 0 Å². The first-order valence-corrected chi connectivity index (χ1v) is 11.0. The van der Waals surface area contributed by atoms with E-state index in [0.29, 0.717) is 31.9 Å². The summed E-state index contributed by atoms with van der Waals surface area (Å²) in [5, 5.41) is 0. The summed E-state index contributed by atoms with van der Waals surface area (Å²) in [5.74, 6) is -0.368. The van der Waals surface area contributed by atoms with Crippen molar-refractivity contribution in [2.24, 2.45) is 0 Å². The van der Waals surface area contributed by atoms with E-state index in [0.717, 1.165) is 0 Å². The fourth-order valence-corrected chi connectivity index (χ4v) is 3.57. The fourth-order valence-electron chi connectivity index (χ4n) is 3.57. The van der Waals surface area contributed by atoms with Gasteiger partial charge in [0.2, 0.25) is 0 Å². The number of ether oxygens (including phenoxy) is 2. The van der Waals surface area contributed by atoms with E-state index >= 15 is 0 Å². The number of carbonyl (C=O) groups excluding carboxylic acids is 1. The quantitative estimate of drug-likeness (QED) is 0.622. The molecular weight excluding hydrogens is 440 g/mol. The lowest BCUT2D eigenvalue weighted by Gasteiger charge is -2.37. The maximum Gasteiger partial charge on any atom is 0.573 e. The van der Waals surface area contributed by atoms with Crippen molar-refractivity contribution in [3.63, 3.8) is 0 Å². The van der Waals surface area contributed by atoms with Gasteiger partial charge in [-0.05, 0) is 54.5 Å². The zero-order valence-corrected chi connectivity index (χ0v) is 20.2. The fraction of sp³-hybridized carbons (Fsp3) is 0.682. The molecule has 33 heavy (non-hydrogen) atoms. The zero-order chi connectivity index (χ0) is 24.8. The van der Waals surface area contributed by atoms with Crippen molar-refractivity contribution >= 4 is 24.4 Å². The third-order valence-corrected chi connectivity index (χ3v) is 6.03. The van der Waals surface area contributed by atoms with Gasteiger partial charge >= 0.3 is 19.6 Å². The summed E-state index contributed by atoms with van der Waals surface area (Å²) in [5.41, 5.74) is -1.28. The van der Waals surface area contributed by atoms with Gasteiger partial charge in [0, 0.05) is 43.4 Å². The van der Waals surface area contributed by atoms with Gasteiger partial charge in [0.25, 0.3) is 0 Å². The van der Waals surface area contributed by atoms with Crippen LogP contribution in [0.15, 0.2) is 18.2 Å². The number of benzene rings is 1. The molecule has 0 aromatic heterocycles. The molecule has 0 aliphatic carbocycles. The lowest BCUT2D eigenvalue weighted by molar-refractivity contribution is -0.274. The minimum Gasteiger partial charge on any atom is -0.444 e. The average molecular weight is 472 g/mol. The van der Waals surface area contributed by atoms with Gasteiger partial charge in [0.05, 0.1) is 11.2 Å². The van der Waals surface area contributed by atoms with Gasteiger partial charge in [0.1, 0.15) is 11.4 Å². The number of amides is 1. The third-order valence-electron chi connectivity index (χ3n) is 6.03. The molecule has 1 aromatic rings. The molecule has 0 spiro atoms. The van der Waals surface area contributed by atoms with Gasteiger partial charge in [-0.2, -0.15) is 0 Å². The molecule has 2 heterocycles. The second kappa shape index (κ2) is 8.58. The van der Waals surface area contributed by atoms with Crippen LogP contribution < -0.4 is 15.1 Å². The second-order valence-electron chi connectivity index (χ2n) is 10.3.